The van der Waals surface area contributed by atoms with Gasteiger partial charge >= 0.3 is 0 Å². The second-order valence-electron chi connectivity index (χ2n) is 4.30. The summed E-state index contributed by atoms with van der Waals surface area (Å²) >= 11 is 0. The summed E-state index contributed by atoms with van der Waals surface area (Å²) in [5.74, 6) is 1.01. The van der Waals surface area contributed by atoms with Gasteiger partial charge in [-0.3, -0.25) is 0 Å². The molecule has 15 heavy (non-hydrogen) atoms. The predicted octanol–water partition coefficient (Wildman–Crippen LogP) is 0.944. The van der Waals surface area contributed by atoms with Gasteiger partial charge in [-0.1, -0.05) is 0 Å². The number of imidazole rings is 1. The standard InChI is InChI=1S/C11H19N3O/c1-7(15-3)11-13-9-6-8(12)4-5-10(9)14(11)2/h7-8H,4-6,12H2,1-3H3. The molecule has 2 N–H and O–H groups in total. The van der Waals surface area contributed by atoms with Crippen molar-refractivity contribution in [1.82, 2.24) is 9.55 Å². The molecular formula is C11H19N3O. The highest BCUT2D eigenvalue weighted by Gasteiger charge is 2.23. The third-order valence-corrected chi connectivity index (χ3v) is 3.26. The predicted molar refractivity (Wildman–Crippen MR) is 58.6 cm³/mol. The van der Waals surface area contributed by atoms with Gasteiger partial charge < -0.3 is 15.0 Å². The molecule has 1 aromatic rings. The molecule has 2 unspecified atom stereocenters. The number of nitrogens with zero attached hydrogens (tertiary/aromatic N) is 2. The summed E-state index contributed by atoms with van der Waals surface area (Å²) in [5.41, 5.74) is 8.43. The molecule has 4 nitrogen and oxygen atoms in total. The Morgan fingerprint density at radius 2 is 2.33 bits per heavy atom. The van der Waals surface area contributed by atoms with E-state index in [1.165, 1.54) is 5.69 Å². The quantitative estimate of drug-likeness (QED) is 0.788. The summed E-state index contributed by atoms with van der Waals surface area (Å²) in [6.45, 7) is 2.02. The number of aromatic nitrogens is 2. The maximum Gasteiger partial charge on any atom is 0.137 e. The Morgan fingerprint density at radius 3 is 3.00 bits per heavy atom. The van der Waals surface area contributed by atoms with E-state index in [1.54, 1.807) is 7.11 Å². The zero-order valence-corrected chi connectivity index (χ0v) is 9.66. The summed E-state index contributed by atoms with van der Waals surface area (Å²) in [6.07, 6.45) is 3.06. The van der Waals surface area contributed by atoms with E-state index in [2.05, 4.69) is 16.6 Å². The normalized spacial score (nSPS) is 22.5. The average molecular weight is 209 g/mol. The van der Waals surface area contributed by atoms with Gasteiger partial charge in [0.2, 0.25) is 0 Å². The Balaban J connectivity index is 2.36. The molecule has 1 aromatic heterocycles. The van der Waals surface area contributed by atoms with E-state index in [9.17, 15) is 0 Å². The van der Waals surface area contributed by atoms with Gasteiger partial charge in [0.15, 0.2) is 0 Å². The Morgan fingerprint density at radius 1 is 1.60 bits per heavy atom. The number of ether oxygens (including phenoxy) is 1. The van der Waals surface area contributed by atoms with Crippen molar-refractivity contribution in [3.8, 4) is 0 Å². The van der Waals surface area contributed by atoms with Crippen LogP contribution < -0.4 is 5.73 Å². The van der Waals surface area contributed by atoms with E-state index in [-0.39, 0.29) is 12.1 Å². The molecule has 2 atom stereocenters. The molecule has 1 heterocycles. The third-order valence-electron chi connectivity index (χ3n) is 3.26. The first-order valence-corrected chi connectivity index (χ1v) is 5.46. The van der Waals surface area contributed by atoms with Crippen LogP contribution in [0.4, 0.5) is 0 Å². The lowest BCUT2D eigenvalue weighted by molar-refractivity contribution is 0.109. The molecule has 4 heteroatoms. The van der Waals surface area contributed by atoms with Crippen molar-refractivity contribution in [2.45, 2.75) is 38.3 Å². The minimum absolute atomic E-state index is 0.0526. The van der Waals surface area contributed by atoms with E-state index < -0.39 is 0 Å². The van der Waals surface area contributed by atoms with Crippen LogP contribution in [0.15, 0.2) is 0 Å². The van der Waals surface area contributed by atoms with Crippen LogP contribution in [0.5, 0.6) is 0 Å². The molecule has 2 rings (SSSR count). The average Bonchev–Trinajstić information content (AvgIpc) is 2.54. The van der Waals surface area contributed by atoms with Crippen molar-refractivity contribution in [2.75, 3.05) is 7.11 Å². The molecule has 0 aliphatic heterocycles. The molecule has 0 aromatic carbocycles. The fourth-order valence-electron chi connectivity index (χ4n) is 2.23. The molecule has 0 spiro atoms. The first-order chi connectivity index (χ1) is 7.13. The van der Waals surface area contributed by atoms with E-state index >= 15 is 0 Å². The van der Waals surface area contributed by atoms with E-state index in [0.717, 1.165) is 30.8 Å². The maximum absolute atomic E-state index is 5.94. The summed E-state index contributed by atoms with van der Waals surface area (Å²) in [6, 6.07) is 0.276. The maximum atomic E-state index is 5.94. The molecule has 0 bridgehead atoms. The fraction of sp³-hybridized carbons (Fsp3) is 0.727. The number of hydrogen-bond acceptors (Lipinski definition) is 3. The van der Waals surface area contributed by atoms with Gasteiger partial charge in [0.05, 0.1) is 5.69 Å². The number of hydrogen-bond donors (Lipinski definition) is 1. The van der Waals surface area contributed by atoms with Crippen molar-refractivity contribution < 1.29 is 4.74 Å². The molecule has 1 aliphatic rings. The Kier molecular flexibility index (Phi) is 2.80. The lowest BCUT2D eigenvalue weighted by Crippen LogP contribution is -2.28. The van der Waals surface area contributed by atoms with E-state index in [4.69, 9.17) is 10.5 Å². The van der Waals surface area contributed by atoms with Crippen LogP contribution >= 0.6 is 0 Å². The third kappa shape index (κ3) is 1.79. The van der Waals surface area contributed by atoms with Crippen LogP contribution in [0.25, 0.3) is 0 Å². The van der Waals surface area contributed by atoms with Crippen LogP contribution in [0.2, 0.25) is 0 Å². The molecule has 84 valence electrons. The van der Waals surface area contributed by atoms with Gasteiger partial charge in [-0.2, -0.15) is 0 Å². The lowest BCUT2D eigenvalue weighted by atomic mass is 9.97. The number of fused-ring (bicyclic) bond motifs is 1. The smallest absolute Gasteiger partial charge is 0.137 e. The highest BCUT2D eigenvalue weighted by molar-refractivity contribution is 5.22. The summed E-state index contributed by atoms with van der Waals surface area (Å²) in [4.78, 5) is 4.63. The monoisotopic (exact) mass is 209 g/mol. The zero-order chi connectivity index (χ0) is 11.0. The van der Waals surface area contributed by atoms with Gasteiger partial charge in [-0.15, -0.1) is 0 Å². The van der Waals surface area contributed by atoms with Crippen LogP contribution in [0, 0.1) is 0 Å². The van der Waals surface area contributed by atoms with Crippen molar-refractivity contribution in [3.63, 3.8) is 0 Å². The van der Waals surface area contributed by atoms with Gasteiger partial charge in [0.25, 0.3) is 0 Å². The van der Waals surface area contributed by atoms with Crippen molar-refractivity contribution in [2.24, 2.45) is 12.8 Å². The summed E-state index contributed by atoms with van der Waals surface area (Å²) < 4.78 is 7.47. The minimum atomic E-state index is 0.0526. The highest BCUT2D eigenvalue weighted by atomic mass is 16.5. The molecule has 0 fully saturated rings. The van der Waals surface area contributed by atoms with Crippen molar-refractivity contribution in [3.05, 3.63) is 17.2 Å². The SMILES string of the molecule is COC(C)c1nc2c(n1C)CCC(N)C2. The van der Waals surface area contributed by atoms with Crippen LogP contribution in [0.3, 0.4) is 0 Å². The Bertz CT molecular complexity index is 359. The second-order valence-corrected chi connectivity index (χ2v) is 4.30. The van der Waals surface area contributed by atoms with Crippen molar-refractivity contribution in [1.29, 1.82) is 0 Å². The molecule has 0 saturated carbocycles. The number of rotatable bonds is 2. The van der Waals surface area contributed by atoms with Crippen LogP contribution in [-0.2, 0) is 24.6 Å². The topological polar surface area (TPSA) is 53.1 Å². The molecular weight excluding hydrogens is 190 g/mol. The number of nitrogens with two attached hydrogens (primary N) is 1. The minimum Gasteiger partial charge on any atom is -0.374 e. The lowest BCUT2D eigenvalue weighted by Gasteiger charge is -2.18. The molecule has 0 radical (unpaired) electrons. The summed E-state index contributed by atoms with van der Waals surface area (Å²) in [5, 5.41) is 0. The summed E-state index contributed by atoms with van der Waals surface area (Å²) in [7, 11) is 3.78. The van der Waals surface area contributed by atoms with Gasteiger partial charge in [0.1, 0.15) is 11.9 Å². The largest absolute Gasteiger partial charge is 0.374 e. The van der Waals surface area contributed by atoms with Crippen LogP contribution in [0.1, 0.15) is 36.7 Å². The van der Waals surface area contributed by atoms with E-state index in [1.807, 2.05) is 6.92 Å². The van der Waals surface area contributed by atoms with Gasteiger partial charge in [-0.05, 0) is 19.8 Å². The molecule has 0 saturated heterocycles. The molecule has 1 aliphatic carbocycles. The second kappa shape index (κ2) is 3.94. The van der Waals surface area contributed by atoms with Crippen molar-refractivity contribution >= 4 is 0 Å². The highest BCUT2D eigenvalue weighted by Crippen LogP contribution is 2.24. The first kappa shape index (κ1) is 10.6. The van der Waals surface area contributed by atoms with Crippen LogP contribution in [-0.4, -0.2) is 22.7 Å². The van der Waals surface area contributed by atoms with Gasteiger partial charge in [-0.25, -0.2) is 4.98 Å². The Labute approximate surface area is 90.4 Å². The zero-order valence-electron chi connectivity index (χ0n) is 9.66. The van der Waals surface area contributed by atoms with Gasteiger partial charge in [0, 0.05) is 32.3 Å². The first-order valence-electron chi connectivity index (χ1n) is 5.46. The fourth-order valence-corrected chi connectivity index (χ4v) is 2.23. The number of methoxy groups -OCH3 is 1. The Hall–Kier alpha value is -0.870. The van der Waals surface area contributed by atoms with E-state index in [0.29, 0.717) is 0 Å². The molecule has 0 amide bonds.